The summed E-state index contributed by atoms with van der Waals surface area (Å²) in [6.07, 6.45) is 0. The van der Waals surface area contributed by atoms with E-state index in [9.17, 15) is 4.79 Å². The first kappa shape index (κ1) is 11.8. The Morgan fingerprint density at radius 1 is 1.47 bits per heavy atom. The largest absolute Gasteiger partial charge is 0.478 e. The molecular formula is C9H6Cl2N4O2. The third kappa shape index (κ3) is 2.22. The van der Waals surface area contributed by atoms with Crippen molar-refractivity contribution in [2.75, 3.05) is 0 Å². The first-order valence-electron chi connectivity index (χ1n) is 4.50. The summed E-state index contributed by atoms with van der Waals surface area (Å²) in [6, 6.07) is 4.42. The number of rotatable bonds is 3. The SMILES string of the molecule is O=C(O)c1cc(Cl)ccc1-n1nnnc1CCl. The van der Waals surface area contributed by atoms with Crippen molar-refractivity contribution in [3.05, 3.63) is 34.6 Å². The number of carboxylic acids is 1. The zero-order chi connectivity index (χ0) is 12.4. The third-order valence-corrected chi connectivity index (χ3v) is 2.54. The van der Waals surface area contributed by atoms with Gasteiger partial charge in [-0.05, 0) is 28.6 Å². The molecule has 0 aliphatic rings. The van der Waals surface area contributed by atoms with E-state index in [4.69, 9.17) is 28.3 Å². The summed E-state index contributed by atoms with van der Waals surface area (Å²) in [4.78, 5) is 11.1. The van der Waals surface area contributed by atoms with Gasteiger partial charge in [-0.15, -0.1) is 16.7 Å². The number of benzene rings is 1. The molecule has 0 saturated carbocycles. The molecule has 2 aromatic rings. The molecule has 0 bridgehead atoms. The number of halogens is 2. The minimum absolute atomic E-state index is 0.0103. The van der Waals surface area contributed by atoms with Crippen LogP contribution in [0, 0.1) is 0 Å². The van der Waals surface area contributed by atoms with E-state index in [1.807, 2.05) is 0 Å². The Hall–Kier alpha value is -1.66. The second kappa shape index (κ2) is 4.68. The smallest absolute Gasteiger partial charge is 0.337 e. The lowest BCUT2D eigenvalue weighted by atomic mass is 10.2. The molecule has 2 rings (SSSR count). The van der Waals surface area contributed by atoms with Gasteiger partial charge in [0.2, 0.25) is 0 Å². The zero-order valence-corrected chi connectivity index (χ0v) is 9.85. The normalized spacial score (nSPS) is 10.5. The molecule has 0 atom stereocenters. The number of carbonyl (C=O) groups is 1. The molecule has 0 aliphatic heterocycles. The van der Waals surface area contributed by atoms with Crippen LogP contribution in [0.15, 0.2) is 18.2 Å². The number of aromatic carboxylic acids is 1. The van der Waals surface area contributed by atoms with Gasteiger partial charge in [0.1, 0.15) is 0 Å². The number of carboxylic acid groups (broad SMARTS) is 1. The molecular weight excluding hydrogens is 267 g/mol. The highest BCUT2D eigenvalue weighted by atomic mass is 35.5. The standard InChI is InChI=1S/C9H6Cl2N4O2/c10-4-8-12-13-14-15(8)7-2-1-5(11)3-6(7)9(16)17/h1-3H,4H2,(H,16,17). The molecule has 0 aliphatic carbocycles. The van der Waals surface area contributed by atoms with Gasteiger partial charge in [0.15, 0.2) is 5.82 Å². The molecule has 0 saturated heterocycles. The predicted octanol–water partition coefficient (Wildman–Crippen LogP) is 1.75. The average molecular weight is 273 g/mol. The van der Waals surface area contributed by atoms with E-state index in [-0.39, 0.29) is 11.4 Å². The Balaban J connectivity index is 2.63. The number of hydrogen-bond acceptors (Lipinski definition) is 4. The van der Waals surface area contributed by atoms with Gasteiger partial charge in [-0.3, -0.25) is 0 Å². The van der Waals surface area contributed by atoms with Crippen LogP contribution in [0.4, 0.5) is 0 Å². The summed E-state index contributed by atoms with van der Waals surface area (Å²) in [6.45, 7) is 0. The highest BCUT2D eigenvalue weighted by Crippen LogP contribution is 2.20. The molecule has 88 valence electrons. The third-order valence-electron chi connectivity index (χ3n) is 2.07. The quantitative estimate of drug-likeness (QED) is 0.861. The monoisotopic (exact) mass is 272 g/mol. The van der Waals surface area contributed by atoms with Gasteiger partial charge in [0.05, 0.1) is 17.1 Å². The fourth-order valence-corrected chi connectivity index (χ4v) is 1.68. The van der Waals surface area contributed by atoms with Crippen LogP contribution >= 0.6 is 23.2 Å². The zero-order valence-electron chi connectivity index (χ0n) is 8.34. The lowest BCUT2D eigenvalue weighted by Crippen LogP contribution is -2.09. The topological polar surface area (TPSA) is 80.9 Å². The predicted molar refractivity (Wildman–Crippen MR) is 60.7 cm³/mol. The summed E-state index contributed by atoms with van der Waals surface area (Å²) in [5, 5.41) is 20.2. The summed E-state index contributed by atoms with van der Waals surface area (Å²) in [7, 11) is 0. The molecule has 0 radical (unpaired) electrons. The van der Waals surface area contributed by atoms with Crippen LogP contribution in [0.5, 0.6) is 0 Å². The van der Waals surface area contributed by atoms with Crippen molar-refractivity contribution in [3.8, 4) is 5.69 Å². The van der Waals surface area contributed by atoms with Gasteiger partial charge in [0, 0.05) is 5.02 Å². The Kier molecular flexibility index (Phi) is 3.26. The number of alkyl halides is 1. The first-order chi connectivity index (χ1) is 8.13. The molecule has 1 aromatic heterocycles. The Morgan fingerprint density at radius 3 is 2.88 bits per heavy atom. The number of aromatic nitrogens is 4. The van der Waals surface area contributed by atoms with E-state index < -0.39 is 5.97 Å². The molecule has 0 amide bonds. The molecule has 0 spiro atoms. The van der Waals surface area contributed by atoms with Gasteiger partial charge in [0.25, 0.3) is 0 Å². The lowest BCUT2D eigenvalue weighted by Gasteiger charge is -2.06. The van der Waals surface area contributed by atoms with Crippen LogP contribution in [0.25, 0.3) is 5.69 Å². The van der Waals surface area contributed by atoms with E-state index in [0.717, 1.165) is 0 Å². The van der Waals surface area contributed by atoms with E-state index in [1.54, 1.807) is 6.07 Å². The molecule has 1 heterocycles. The highest BCUT2D eigenvalue weighted by molar-refractivity contribution is 6.31. The Bertz CT molecular complexity index is 570. The number of nitrogens with zero attached hydrogens (tertiary/aromatic N) is 4. The van der Waals surface area contributed by atoms with Crippen LogP contribution < -0.4 is 0 Å². The van der Waals surface area contributed by atoms with Crippen molar-refractivity contribution < 1.29 is 9.90 Å². The summed E-state index contributed by atoms with van der Waals surface area (Å²) in [5.41, 5.74) is 0.332. The maximum Gasteiger partial charge on any atom is 0.337 e. The van der Waals surface area contributed by atoms with Crippen LogP contribution in [-0.4, -0.2) is 31.3 Å². The maximum absolute atomic E-state index is 11.1. The fourth-order valence-electron chi connectivity index (χ4n) is 1.34. The molecule has 1 N–H and O–H groups in total. The number of tetrazole rings is 1. The minimum atomic E-state index is -1.11. The van der Waals surface area contributed by atoms with E-state index in [1.165, 1.54) is 16.8 Å². The fraction of sp³-hybridized carbons (Fsp3) is 0.111. The van der Waals surface area contributed by atoms with E-state index in [0.29, 0.717) is 16.5 Å². The minimum Gasteiger partial charge on any atom is -0.478 e. The molecule has 6 nitrogen and oxygen atoms in total. The summed E-state index contributed by atoms with van der Waals surface area (Å²) < 4.78 is 1.27. The highest BCUT2D eigenvalue weighted by Gasteiger charge is 2.16. The van der Waals surface area contributed by atoms with Crippen LogP contribution in [0.1, 0.15) is 16.2 Å². The first-order valence-corrected chi connectivity index (χ1v) is 5.41. The van der Waals surface area contributed by atoms with Gasteiger partial charge < -0.3 is 5.11 Å². The summed E-state index contributed by atoms with van der Waals surface area (Å²) >= 11 is 11.4. The molecule has 0 fully saturated rings. The van der Waals surface area contributed by atoms with Gasteiger partial charge in [-0.25, -0.2) is 4.79 Å². The van der Waals surface area contributed by atoms with Crippen molar-refractivity contribution in [1.29, 1.82) is 0 Å². The number of hydrogen-bond donors (Lipinski definition) is 1. The van der Waals surface area contributed by atoms with Crippen LogP contribution in [0.3, 0.4) is 0 Å². The molecule has 8 heteroatoms. The van der Waals surface area contributed by atoms with Gasteiger partial charge in [-0.2, -0.15) is 4.68 Å². The molecule has 0 unspecified atom stereocenters. The van der Waals surface area contributed by atoms with E-state index >= 15 is 0 Å². The maximum atomic E-state index is 11.1. The van der Waals surface area contributed by atoms with Gasteiger partial charge in [-0.1, -0.05) is 11.6 Å². The average Bonchev–Trinajstić information content (AvgIpc) is 2.76. The second-order valence-electron chi connectivity index (χ2n) is 3.11. The van der Waals surface area contributed by atoms with Crippen molar-refractivity contribution in [2.24, 2.45) is 0 Å². The summed E-state index contributed by atoms with van der Waals surface area (Å²) in [5.74, 6) is -0.677. The van der Waals surface area contributed by atoms with Crippen molar-refractivity contribution in [3.63, 3.8) is 0 Å². The molecule has 17 heavy (non-hydrogen) atoms. The molecule has 1 aromatic carbocycles. The van der Waals surface area contributed by atoms with Crippen molar-refractivity contribution in [1.82, 2.24) is 20.2 Å². The van der Waals surface area contributed by atoms with Crippen LogP contribution in [0.2, 0.25) is 5.02 Å². The Morgan fingerprint density at radius 2 is 2.24 bits per heavy atom. The van der Waals surface area contributed by atoms with Gasteiger partial charge >= 0.3 is 5.97 Å². The second-order valence-corrected chi connectivity index (χ2v) is 3.81. The Labute approximate surface area is 106 Å². The van der Waals surface area contributed by atoms with Crippen LogP contribution in [-0.2, 0) is 5.88 Å². The van der Waals surface area contributed by atoms with E-state index in [2.05, 4.69) is 15.5 Å². The van der Waals surface area contributed by atoms with Crippen molar-refractivity contribution in [2.45, 2.75) is 5.88 Å². The van der Waals surface area contributed by atoms with Crippen molar-refractivity contribution >= 4 is 29.2 Å². The lowest BCUT2D eigenvalue weighted by molar-refractivity contribution is 0.0696.